The third-order valence-corrected chi connectivity index (χ3v) is 2.32. The van der Waals surface area contributed by atoms with E-state index in [9.17, 15) is 9.50 Å². The van der Waals surface area contributed by atoms with Crippen LogP contribution in [-0.2, 0) is 11.3 Å². The van der Waals surface area contributed by atoms with Gasteiger partial charge in [0.15, 0.2) is 0 Å². The normalized spacial score (nSPS) is 11.4. The molecule has 96 valence electrons. The van der Waals surface area contributed by atoms with E-state index in [1.165, 1.54) is 6.07 Å². The van der Waals surface area contributed by atoms with Gasteiger partial charge in [-0.25, -0.2) is 4.39 Å². The zero-order valence-corrected chi connectivity index (χ0v) is 10.6. The summed E-state index contributed by atoms with van der Waals surface area (Å²) in [7, 11) is 1.94. The Kier molecular flexibility index (Phi) is 5.38. The monoisotopic (exact) mass is 241 g/mol. The van der Waals surface area contributed by atoms with E-state index in [-0.39, 0.29) is 11.9 Å². The lowest BCUT2D eigenvalue weighted by Crippen LogP contribution is -2.24. The van der Waals surface area contributed by atoms with Gasteiger partial charge in [0.25, 0.3) is 0 Å². The lowest BCUT2D eigenvalue weighted by Gasteiger charge is -2.17. The van der Waals surface area contributed by atoms with Gasteiger partial charge in [-0.15, -0.1) is 0 Å². The van der Waals surface area contributed by atoms with Crippen molar-refractivity contribution in [3.05, 3.63) is 29.6 Å². The minimum atomic E-state index is -0.410. The molecule has 1 rings (SSSR count). The molecule has 4 heteroatoms. The van der Waals surface area contributed by atoms with Crippen LogP contribution < -0.4 is 0 Å². The van der Waals surface area contributed by atoms with E-state index in [4.69, 9.17) is 4.74 Å². The molecule has 17 heavy (non-hydrogen) atoms. The van der Waals surface area contributed by atoms with Gasteiger partial charge in [-0.1, -0.05) is 0 Å². The van der Waals surface area contributed by atoms with Crippen LogP contribution in [0.5, 0.6) is 5.75 Å². The third kappa shape index (κ3) is 5.65. The summed E-state index contributed by atoms with van der Waals surface area (Å²) < 4.78 is 18.5. The molecule has 0 bridgehead atoms. The quantitative estimate of drug-likeness (QED) is 0.830. The average molecular weight is 241 g/mol. The number of benzene rings is 1. The van der Waals surface area contributed by atoms with Crippen LogP contribution in [0, 0.1) is 5.82 Å². The van der Waals surface area contributed by atoms with Crippen molar-refractivity contribution in [3.8, 4) is 5.75 Å². The van der Waals surface area contributed by atoms with Crippen LogP contribution >= 0.6 is 0 Å². The molecule has 0 amide bonds. The van der Waals surface area contributed by atoms with E-state index in [0.29, 0.717) is 13.2 Å². The molecule has 1 aromatic rings. The Bertz CT molecular complexity index is 335. The molecular weight excluding hydrogens is 221 g/mol. The highest BCUT2D eigenvalue weighted by Gasteiger charge is 2.04. The van der Waals surface area contributed by atoms with Gasteiger partial charge in [0.1, 0.15) is 11.6 Å². The van der Waals surface area contributed by atoms with Gasteiger partial charge in [-0.3, -0.25) is 4.90 Å². The Hall–Kier alpha value is -1.13. The van der Waals surface area contributed by atoms with Gasteiger partial charge in [-0.2, -0.15) is 0 Å². The smallest absolute Gasteiger partial charge is 0.127 e. The van der Waals surface area contributed by atoms with Crippen molar-refractivity contribution in [1.29, 1.82) is 0 Å². The van der Waals surface area contributed by atoms with Crippen molar-refractivity contribution < 1.29 is 14.2 Å². The van der Waals surface area contributed by atoms with Crippen molar-refractivity contribution >= 4 is 0 Å². The van der Waals surface area contributed by atoms with Crippen molar-refractivity contribution in [2.75, 3.05) is 20.2 Å². The van der Waals surface area contributed by atoms with Gasteiger partial charge >= 0.3 is 0 Å². The van der Waals surface area contributed by atoms with Crippen LogP contribution in [-0.4, -0.2) is 36.3 Å². The first-order valence-corrected chi connectivity index (χ1v) is 5.76. The molecule has 0 aliphatic rings. The molecule has 0 unspecified atom stereocenters. The molecule has 1 aromatic carbocycles. The van der Waals surface area contributed by atoms with Crippen molar-refractivity contribution in [2.45, 2.75) is 26.5 Å². The summed E-state index contributed by atoms with van der Waals surface area (Å²) in [6.07, 6.45) is 0.224. The van der Waals surface area contributed by atoms with Crippen LogP contribution in [0.4, 0.5) is 4.39 Å². The molecule has 0 radical (unpaired) electrons. The van der Waals surface area contributed by atoms with E-state index in [2.05, 4.69) is 0 Å². The van der Waals surface area contributed by atoms with Gasteiger partial charge in [0.2, 0.25) is 0 Å². The van der Waals surface area contributed by atoms with Crippen LogP contribution in [0.2, 0.25) is 0 Å². The first kappa shape index (κ1) is 13.9. The summed E-state index contributed by atoms with van der Waals surface area (Å²) in [4.78, 5) is 2.02. The van der Waals surface area contributed by atoms with Gasteiger partial charge in [-0.05, 0) is 38.6 Å². The Morgan fingerprint density at radius 1 is 1.35 bits per heavy atom. The Morgan fingerprint density at radius 2 is 2.06 bits per heavy atom. The maximum absolute atomic E-state index is 13.0. The van der Waals surface area contributed by atoms with Crippen LogP contribution in [0.15, 0.2) is 18.2 Å². The number of nitrogens with zero attached hydrogens (tertiary/aromatic N) is 1. The number of phenolic OH excluding ortho intramolecular Hbond substituents is 1. The molecule has 0 atom stereocenters. The largest absolute Gasteiger partial charge is 0.508 e. The SMILES string of the molecule is CC(C)OCCN(C)Cc1cc(O)cc(F)c1. The first-order chi connectivity index (χ1) is 7.97. The number of aromatic hydroxyl groups is 1. The molecule has 1 N–H and O–H groups in total. The van der Waals surface area contributed by atoms with E-state index in [0.717, 1.165) is 18.2 Å². The number of halogens is 1. The molecule has 0 fully saturated rings. The fourth-order valence-electron chi connectivity index (χ4n) is 1.56. The fraction of sp³-hybridized carbons (Fsp3) is 0.538. The second-order valence-corrected chi connectivity index (χ2v) is 4.48. The lowest BCUT2D eigenvalue weighted by atomic mass is 10.2. The highest BCUT2D eigenvalue weighted by atomic mass is 19.1. The predicted octanol–water partition coefficient (Wildman–Crippen LogP) is 2.39. The second kappa shape index (κ2) is 6.57. The summed E-state index contributed by atoms with van der Waals surface area (Å²) in [6, 6.07) is 4.10. The molecule has 0 saturated carbocycles. The minimum absolute atomic E-state index is 0.0353. The molecule has 0 aliphatic heterocycles. The number of likely N-dealkylation sites (N-methyl/N-ethyl adjacent to an activating group) is 1. The summed E-state index contributed by atoms with van der Waals surface area (Å²) in [5, 5.41) is 9.27. The highest BCUT2D eigenvalue weighted by molar-refractivity contribution is 5.28. The van der Waals surface area contributed by atoms with Crippen LogP contribution in [0.25, 0.3) is 0 Å². The van der Waals surface area contributed by atoms with E-state index < -0.39 is 5.82 Å². The average Bonchev–Trinajstić information content (AvgIpc) is 2.14. The number of phenols is 1. The van der Waals surface area contributed by atoms with Crippen molar-refractivity contribution in [1.82, 2.24) is 4.90 Å². The molecule has 0 spiro atoms. The minimum Gasteiger partial charge on any atom is -0.508 e. The zero-order chi connectivity index (χ0) is 12.8. The molecular formula is C13H20FNO2. The maximum Gasteiger partial charge on any atom is 0.127 e. The summed E-state index contributed by atoms with van der Waals surface area (Å²) in [5.41, 5.74) is 0.759. The van der Waals surface area contributed by atoms with Crippen molar-refractivity contribution in [3.63, 3.8) is 0 Å². The van der Waals surface area contributed by atoms with Gasteiger partial charge in [0.05, 0.1) is 12.7 Å². The number of rotatable bonds is 6. The number of hydrogen-bond donors (Lipinski definition) is 1. The third-order valence-electron chi connectivity index (χ3n) is 2.32. The Morgan fingerprint density at radius 3 is 2.65 bits per heavy atom. The van der Waals surface area contributed by atoms with Crippen LogP contribution in [0.3, 0.4) is 0 Å². The number of ether oxygens (including phenoxy) is 1. The summed E-state index contributed by atoms with van der Waals surface area (Å²) in [5.74, 6) is -0.446. The summed E-state index contributed by atoms with van der Waals surface area (Å²) >= 11 is 0. The van der Waals surface area contributed by atoms with E-state index in [1.54, 1.807) is 6.07 Å². The Balaban J connectivity index is 2.42. The van der Waals surface area contributed by atoms with E-state index >= 15 is 0 Å². The fourth-order valence-corrected chi connectivity index (χ4v) is 1.56. The van der Waals surface area contributed by atoms with Crippen LogP contribution in [0.1, 0.15) is 19.4 Å². The summed E-state index contributed by atoms with van der Waals surface area (Å²) in [6.45, 7) is 5.99. The standard InChI is InChI=1S/C13H20FNO2/c1-10(2)17-5-4-15(3)9-11-6-12(14)8-13(16)7-11/h6-8,10,16H,4-5,9H2,1-3H3. The Labute approximate surface area is 102 Å². The van der Waals surface area contributed by atoms with Gasteiger partial charge < -0.3 is 9.84 Å². The molecule has 3 nitrogen and oxygen atoms in total. The van der Waals surface area contributed by atoms with Crippen molar-refractivity contribution in [2.24, 2.45) is 0 Å². The second-order valence-electron chi connectivity index (χ2n) is 4.48. The molecule has 0 aromatic heterocycles. The molecule has 0 saturated heterocycles. The lowest BCUT2D eigenvalue weighted by molar-refractivity contribution is 0.0627. The number of hydrogen-bond acceptors (Lipinski definition) is 3. The highest BCUT2D eigenvalue weighted by Crippen LogP contribution is 2.15. The van der Waals surface area contributed by atoms with E-state index in [1.807, 2.05) is 25.8 Å². The first-order valence-electron chi connectivity index (χ1n) is 5.76. The topological polar surface area (TPSA) is 32.7 Å². The zero-order valence-electron chi connectivity index (χ0n) is 10.6. The predicted molar refractivity (Wildman–Crippen MR) is 65.5 cm³/mol. The maximum atomic E-state index is 13.0. The molecule has 0 heterocycles. The van der Waals surface area contributed by atoms with Gasteiger partial charge in [0, 0.05) is 19.2 Å². The molecule has 0 aliphatic carbocycles.